The second-order valence-electron chi connectivity index (χ2n) is 5.74. The highest BCUT2D eigenvalue weighted by atomic mass is 16.3. The third kappa shape index (κ3) is 2.45. The minimum atomic E-state index is 0.209. The zero-order valence-electron chi connectivity index (χ0n) is 12.2. The van der Waals surface area contributed by atoms with Crippen LogP contribution in [-0.2, 0) is 0 Å². The topological polar surface area (TPSA) is 60.1 Å². The Balaban J connectivity index is 2.15. The summed E-state index contributed by atoms with van der Waals surface area (Å²) < 4.78 is 0. The van der Waals surface area contributed by atoms with Crippen LogP contribution in [0.5, 0.6) is 0 Å². The molecule has 108 valence electrons. The van der Waals surface area contributed by atoms with E-state index >= 15 is 0 Å². The molecule has 3 rings (SSSR count). The molecule has 0 amide bonds. The van der Waals surface area contributed by atoms with Crippen molar-refractivity contribution in [3.05, 3.63) is 35.5 Å². The van der Waals surface area contributed by atoms with Gasteiger partial charge in [-0.3, -0.25) is 4.98 Å². The maximum absolute atomic E-state index is 9.44. The zero-order valence-corrected chi connectivity index (χ0v) is 12.2. The van der Waals surface area contributed by atoms with E-state index in [1.54, 1.807) is 6.20 Å². The smallest absolute Gasteiger partial charge is 0.103 e. The molecule has 1 saturated heterocycles. The first-order valence-corrected chi connectivity index (χ1v) is 7.39. The predicted octanol–water partition coefficient (Wildman–Crippen LogP) is 2.62. The highest BCUT2D eigenvalue weighted by Gasteiger charge is 2.23. The van der Waals surface area contributed by atoms with Crippen molar-refractivity contribution in [1.82, 2.24) is 4.98 Å². The number of fused-ring (bicyclic) bond motifs is 1. The minimum Gasteiger partial charge on any atom is -0.396 e. The number of anilines is 1. The maximum atomic E-state index is 9.44. The van der Waals surface area contributed by atoms with Crippen molar-refractivity contribution >= 4 is 16.6 Å². The van der Waals surface area contributed by atoms with Crippen LogP contribution in [0.4, 0.5) is 5.69 Å². The van der Waals surface area contributed by atoms with E-state index in [9.17, 15) is 10.4 Å². The predicted molar refractivity (Wildman–Crippen MR) is 83.2 cm³/mol. The van der Waals surface area contributed by atoms with E-state index in [2.05, 4.69) is 16.0 Å². The molecule has 1 aromatic carbocycles. The Morgan fingerprint density at radius 1 is 1.48 bits per heavy atom. The Kier molecular flexibility index (Phi) is 3.76. The number of nitriles is 1. The molecule has 1 unspecified atom stereocenters. The molecule has 0 saturated carbocycles. The number of aliphatic hydroxyl groups excluding tert-OH is 1. The molecule has 2 aromatic rings. The molecule has 1 aromatic heterocycles. The van der Waals surface area contributed by atoms with Crippen LogP contribution in [0.1, 0.15) is 24.0 Å². The first-order chi connectivity index (χ1) is 10.2. The van der Waals surface area contributed by atoms with Gasteiger partial charge in [0.05, 0.1) is 16.8 Å². The van der Waals surface area contributed by atoms with Gasteiger partial charge in [-0.15, -0.1) is 0 Å². The van der Waals surface area contributed by atoms with Crippen LogP contribution < -0.4 is 4.90 Å². The monoisotopic (exact) mass is 281 g/mol. The lowest BCUT2D eigenvalue weighted by atomic mass is 9.96. The fourth-order valence-electron chi connectivity index (χ4n) is 3.20. The molecular formula is C17H19N3O. The third-order valence-electron chi connectivity index (χ3n) is 4.28. The van der Waals surface area contributed by atoms with Gasteiger partial charge in [0.15, 0.2) is 0 Å². The van der Waals surface area contributed by atoms with Gasteiger partial charge < -0.3 is 10.0 Å². The van der Waals surface area contributed by atoms with Gasteiger partial charge in [-0.2, -0.15) is 5.26 Å². The largest absolute Gasteiger partial charge is 0.396 e. The van der Waals surface area contributed by atoms with E-state index in [0.29, 0.717) is 11.5 Å². The second-order valence-corrected chi connectivity index (χ2v) is 5.74. The molecule has 0 spiro atoms. The van der Waals surface area contributed by atoms with E-state index < -0.39 is 0 Å². The number of nitrogens with zero attached hydrogens (tertiary/aromatic N) is 3. The summed E-state index contributed by atoms with van der Waals surface area (Å²) in [6.45, 7) is 3.98. The lowest BCUT2D eigenvalue weighted by Gasteiger charge is -2.34. The van der Waals surface area contributed by atoms with Gasteiger partial charge in [-0.05, 0) is 31.2 Å². The quantitative estimate of drug-likeness (QED) is 0.919. The molecule has 4 nitrogen and oxygen atoms in total. The molecule has 2 heterocycles. The minimum absolute atomic E-state index is 0.209. The number of hydrogen-bond acceptors (Lipinski definition) is 4. The highest BCUT2D eigenvalue weighted by molar-refractivity contribution is 5.96. The summed E-state index contributed by atoms with van der Waals surface area (Å²) in [5.74, 6) is 0.290. The van der Waals surface area contributed by atoms with Gasteiger partial charge in [-0.25, -0.2) is 0 Å². The van der Waals surface area contributed by atoms with Gasteiger partial charge in [0, 0.05) is 31.3 Å². The van der Waals surface area contributed by atoms with E-state index in [1.165, 1.54) is 0 Å². The highest BCUT2D eigenvalue weighted by Crippen LogP contribution is 2.33. The number of rotatable bonds is 2. The molecule has 0 aliphatic carbocycles. The van der Waals surface area contributed by atoms with Gasteiger partial charge in [0.1, 0.15) is 6.07 Å². The summed E-state index contributed by atoms with van der Waals surface area (Å²) in [5.41, 5.74) is 3.67. The van der Waals surface area contributed by atoms with E-state index in [-0.39, 0.29) is 6.61 Å². The Labute approximate surface area is 124 Å². The lowest BCUT2D eigenvalue weighted by Crippen LogP contribution is -2.37. The molecule has 1 fully saturated rings. The Morgan fingerprint density at radius 3 is 3.10 bits per heavy atom. The third-order valence-corrected chi connectivity index (χ3v) is 4.28. The Hall–Kier alpha value is -2.12. The van der Waals surface area contributed by atoms with Crippen molar-refractivity contribution in [3.8, 4) is 6.07 Å². The van der Waals surface area contributed by atoms with Gasteiger partial charge in [0.2, 0.25) is 0 Å². The van der Waals surface area contributed by atoms with Crippen LogP contribution in [0, 0.1) is 24.2 Å². The van der Waals surface area contributed by atoms with Crippen LogP contribution in [0.15, 0.2) is 24.4 Å². The molecule has 1 aliphatic rings. The summed E-state index contributed by atoms with van der Waals surface area (Å²) in [7, 11) is 0. The van der Waals surface area contributed by atoms with Crippen LogP contribution in [0.3, 0.4) is 0 Å². The van der Waals surface area contributed by atoms with Crippen LogP contribution >= 0.6 is 0 Å². The van der Waals surface area contributed by atoms with Crippen molar-refractivity contribution in [3.63, 3.8) is 0 Å². The molecule has 1 aliphatic heterocycles. The van der Waals surface area contributed by atoms with E-state index in [1.807, 2.05) is 25.1 Å². The summed E-state index contributed by atoms with van der Waals surface area (Å²) in [4.78, 5) is 6.69. The van der Waals surface area contributed by atoms with Crippen LogP contribution in [0.2, 0.25) is 0 Å². The van der Waals surface area contributed by atoms with Crippen molar-refractivity contribution in [1.29, 1.82) is 5.26 Å². The average Bonchev–Trinajstić information content (AvgIpc) is 2.54. The molecule has 1 N–H and O–H groups in total. The SMILES string of the molecule is Cc1cccc2c(N3CCCC(CO)C3)c(C#N)cnc12. The van der Waals surface area contributed by atoms with Crippen molar-refractivity contribution < 1.29 is 5.11 Å². The molecule has 0 radical (unpaired) electrons. The molecular weight excluding hydrogens is 262 g/mol. The average molecular weight is 281 g/mol. The van der Waals surface area contributed by atoms with Crippen LogP contribution in [-0.4, -0.2) is 29.8 Å². The number of benzene rings is 1. The number of aliphatic hydroxyl groups is 1. The van der Waals surface area contributed by atoms with Gasteiger partial charge in [0.25, 0.3) is 0 Å². The maximum Gasteiger partial charge on any atom is 0.103 e. The number of para-hydroxylation sites is 1. The Bertz CT molecular complexity index is 705. The standard InChI is InChI=1S/C17H19N3O/c1-12-4-2-6-15-16(12)19-9-14(8-18)17(15)20-7-3-5-13(10-20)11-21/h2,4,6,9,13,21H,3,5,7,10-11H2,1H3. The Morgan fingerprint density at radius 2 is 2.33 bits per heavy atom. The molecule has 1 atom stereocenters. The van der Waals surface area contributed by atoms with E-state index in [0.717, 1.165) is 48.1 Å². The summed E-state index contributed by atoms with van der Waals surface area (Å²) in [5, 5.41) is 19.9. The first kappa shape index (κ1) is 13.8. The zero-order chi connectivity index (χ0) is 14.8. The number of aryl methyl sites for hydroxylation is 1. The summed E-state index contributed by atoms with van der Waals surface area (Å²) in [6, 6.07) is 8.36. The fourth-order valence-corrected chi connectivity index (χ4v) is 3.20. The van der Waals surface area contributed by atoms with Crippen molar-refractivity contribution in [2.75, 3.05) is 24.6 Å². The number of pyridine rings is 1. The van der Waals surface area contributed by atoms with E-state index in [4.69, 9.17) is 0 Å². The molecule has 21 heavy (non-hydrogen) atoms. The first-order valence-electron chi connectivity index (χ1n) is 7.39. The lowest BCUT2D eigenvalue weighted by molar-refractivity contribution is 0.209. The second kappa shape index (κ2) is 5.71. The fraction of sp³-hybridized carbons (Fsp3) is 0.412. The van der Waals surface area contributed by atoms with Crippen LogP contribution in [0.25, 0.3) is 10.9 Å². The van der Waals surface area contributed by atoms with Gasteiger partial charge in [-0.1, -0.05) is 18.2 Å². The van der Waals surface area contributed by atoms with Crippen molar-refractivity contribution in [2.45, 2.75) is 19.8 Å². The summed E-state index contributed by atoms with van der Waals surface area (Å²) in [6.07, 6.45) is 3.77. The normalized spacial score (nSPS) is 18.7. The molecule has 0 bridgehead atoms. The van der Waals surface area contributed by atoms with Gasteiger partial charge >= 0.3 is 0 Å². The van der Waals surface area contributed by atoms with Crippen molar-refractivity contribution in [2.24, 2.45) is 5.92 Å². The number of aromatic nitrogens is 1. The number of hydrogen-bond donors (Lipinski definition) is 1. The molecule has 4 heteroatoms. The number of piperidine rings is 1. The summed E-state index contributed by atoms with van der Waals surface area (Å²) >= 11 is 0.